The predicted octanol–water partition coefficient (Wildman–Crippen LogP) is 2.31. The maximum absolute atomic E-state index is 12.9. The molecule has 0 radical (unpaired) electrons. The zero-order valence-electron chi connectivity index (χ0n) is 13.2. The van der Waals surface area contributed by atoms with E-state index in [1.807, 2.05) is 0 Å². The van der Waals surface area contributed by atoms with Gasteiger partial charge in [0.2, 0.25) is 0 Å². The van der Waals surface area contributed by atoms with Crippen LogP contribution in [0.3, 0.4) is 0 Å². The minimum Gasteiger partial charge on any atom is -0.195 e. The van der Waals surface area contributed by atoms with Crippen LogP contribution in [0.2, 0.25) is 0 Å². The fourth-order valence-corrected chi connectivity index (χ4v) is 6.02. The van der Waals surface area contributed by atoms with Crippen LogP contribution in [0.15, 0.2) is 24.3 Å². The van der Waals surface area contributed by atoms with Crippen LogP contribution in [0.1, 0.15) is 43.2 Å². The summed E-state index contributed by atoms with van der Waals surface area (Å²) in [7, 11) is -1.54. The van der Waals surface area contributed by atoms with Crippen molar-refractivity contribution in [3.05, 3.63) is 35.4 Å². The zero-order chi connectivity index (χ0) is 15.4. The number of benzene rings is 1. The molecular formula is C17H24N2O2S. The summed E-state index contributed by atoms with van der Waals surface area (Å²) in [6, 6.07) is 8.79. The van der Waals surface area contributed by atoms with Crippen molar-refractivity contribution in [1.29, 1.82) is 0 Å². The summed E-state index contributed by atoms with van der Waals surface area (Å²) in [5.74, 6) is 0. The van der Waals surface area contributed by atoms with Crippen molar-refractivity contribution < 1.29 is 8.42 Å². The second-order valence-corrected chi connectivity index (χ2v) is 9.12. The van der Waals surface area contributed by atoms with Gasteiger partial charge in [0, 0.05) is 31.6 Å². The molecule has 1 atom stereocenters. The van der Waals surface area contributed by atoms with Crippen LogP contribution < -0.4 is 0 Å². The highest BCUT2D eigenvalue weighted by Gasteiger charge is 2.48. The van der Waals surface area contributed by atoms with Crippen molar-refractivity contribution in [2.45, 2.75) is 50.0 Å². The first-order valence-corrected chi connectivity index (χ1v) is 9.74. The molecule has 2 fully saturated rings. The number of hydrogen-bond donors (Lipinski definition) is 0. The van der Waals surface area contributed by atoms with Gasteiger partial charge in [-0.05, 0) is 43.2 Å². The molecule has 120 valence electrons. The Morgan fingerprint density at radius 2 is 2.00 bits per heavy atom. The fraction of sp³-hybridized carbons (Fsp3) is 0.647. The van der Waals surface area contributed by atoms with Gasteiger partial charge in [-0.25, -0.2) is 0 Å². The molecule has 2 aliphatic carbocycles. The standard InChI is InChI=1S/C17H24N2O2S/c1-18(15-6-4-7-15)22(20,21)19-12-11-17(13-19)10-9-14-5-2-3-8-16(14)17/h2-3,5,8,15H,4,6-7,9-13H2,1H3. The lowest BCUT2D eigenvalue weighted by Gasteiger charge is -2.36. The summed E-state index contributed by atoms with van der Waals surface area (Å²) in [5.41, 5.74) is 2.86. The van der Waals surface area contributed by atoms with Gasteiger partial charge in [-0.2, -0.15) is 17.0 Å². The van der Waals surface area contributed by atoms with Gasteiger partial charge in [0.1, 0.15) is 0 Å². The molecule has 1 aromatic carbocycles. The van der Waals surface area contributed by atoms with E-state index in [4.69, 9.17) is 0 Å². The topological polar surface area (TPSA) is 40.6 Å². The van der Waals surface area contributed by atoms with E-state index in [1.54, 1.807) is 15.7 Å². The summed E-state index contributed by atoms with van der Waals surface area (Å²) >= 11 is 0. The Balaban J connectivity index is 1.58. The van der Waals surface area contributed by atoms with Crippen molar-refractivity contribution in [2.24, 2.45) is 0 Å². The lowest BCUT2D eigenvalue weighted by Crippen LogP contribution is -2.48. The van der Waals surface area contributed by atoms with Crippen LogP contribution >= 0.6 is 0 Å². The first-order valence-electron chi connectivity index (χ1n) is 8.34. The normalized spacial score (nSPS) is 29.2. The van der Waals surface area contributed by atoms with E-state index in [0.29, 0.717) is 13.1 Å². The van der Waals surface area contributed by atoms with Crippen LogP contribution in [0.4, 0.5) is 0 Å². The third-order valence-corrected chi connectivity index (χ3v) is 8.05. The van der Waals surface area contributed by atoms with Crippen LogP contribution in [0, 0.1) is 0 Å². The highest BCUT2D eigenvalue weighted by atomic mass is 32.2. The fourth-order valence-electron chi connectivity index (χ4n) is 4.34. The molecule has 1 spiro atoms. The van der Waals surface area contributed by atoms with Crippen molar-refractivity contribution in [1.82, 2.24) is 8.61 Å². The van der Waals surface area contributed by atoms with Crippen molar-refractivity contribution in [3.63, 3.8) is 0 Å². The molecule has 4 rings (SSSR count). The predicted molar refractivity (Wildman–Crippen MR) is 87.0 cm³/mol. The average molecular weight is 320 g/mol. The van der Waals surface area contributed by atoms with Gasteiger partial charge in [0.05, 0.1) is 0 Å². The van der Waals surface area contributed by atoms with E-state index in [-0.39, 0.29) is 11.5 Å². The minimum atomic E-state index is -3.30. The minimum absolute atomic E-state index is 0.0596. The van der Waals surface area contributed by atoms with Gasteiger partial charge in [0.25, 0.3) is 10.2 Å². The third-order valence-electron chi connectivity index (χ3n) is 6.06. The van der Waals surface area contributed by atoms with Gasteiger partial charge in [-0.15, -0.1) is 0 Å². The van der Waals surface area contributed by atoms with Crippen molar-refractivity contribution in [2.75, 3.05) is 20.1 Å². The van der Waals surface area contributed by atoms with Gasteiger partial charge >= 0.3 is 0 Å². The van der Waals surface area contributed by atoms with Gasteiger partial charge in [-0.3, -0.25) is 0 Å². The van der Waals surface area contributed by atoms with E-state index < -0.39 is 10.2 Å². The molecule has 1 aliphatic heterocycles. The average Bonchev–Trinajstić information content (AvgIpc) is 3.04. The SMILES string of the molecule is CN(C1CCC1)S(=O)(=O)N1CCC2(CCc3ccccc32)C1. The molecule has 1 aromatic rings. The van der Waals surface area contributed by atoms with Crippen LogP contribution in [0.25, 0.3) is 0 Å². The third kappa shape index (κ3) is 2.06. The number of rotatable bonds is 3. The Labute approximate surface area is 133 Å². The molecule has 22 heavy (non-hydrogen) atoms. The maximum atomic E-state index is 12.9. The number of aryl methyl sites for hydroxylation is 1. The van der Waals surface area contributed by atoms with Crippen LogP contribution in [-0.2, 0) is 22.0 Å². The lowest BCUT2D eigenvalue weighted by molar-refractivity contribution is 0.234. The number of nitrogens with zero attached hydrogens (tertiary/aromatic N) is 2. The van der Waals surface area contributed by atoms with Gasteiger partial charge < -0.3 is 0 Å². The monoisotopic (exact) mass is 320 g/mol. The smallest absolute Gasteiger partial charge is 0.195 e. The van der Waals surface area contributed by atoms with Crippen molar-refractivity contribution >= 4 is 10.2 Å². The first kappa shape index (κ1) is 14.7. The molecular weight excluding hydrogens is 296 g/mol. The molecule has 0 amide bonds. The number of hydrogen-bond acceptors (Lipinski definition) is 2. The molecule has 1 saturated heterocycles. The molecule has 1 saturated carbocycles. The van der Waals surface area contributed by atoms with Gasteiger partial charge in [-0.1, -0.05) is 30.7 Å². The summed E-state index contributed by atoms with van der Waals surface area (Å²) in [4.78, 5) is 0. The molecule has 4 nitrogen and oxygen atoms in total. The Hall–Kier alpha value is -0.910. The second kappa shape index (κ2) is 5.05. The Kier molecular flexibility index (Phi) is 3.36. The van der Waals surface area contributed by atoms with E-state index in [2.05, 4.69) is 24.3 Å². The van der Waals surface area contributed by atoms with E-state index in [0.717, 1.165) is 38.5 Å². The largest absolute Gasteiger partial charge is 0.282 e. The molecule has 0 aromatic heterocycles. The highest BCUT2D eigenvalue weighted by Crippen LogP contribution is 2.46. The van der Waals surface area contributed by atoms with E-state index in [9.17, 15) is 8.42 Å². The van der Waals surface area contributed by atoms with Gasteiger partial charge in [0.15, 0.2) is 0 Å². The van der Waals surface area contributed by atoms with Crippen LogP contribution in [-0.4, -0.2) is 43.2 Å². The Morgan fingerprint density at radius 3 is 2.73 bits per heavy atom. The molecule has 1 heterocycles. The molecule has 5 heteroatoms. The van der Waals surface area contributed by atoms with Crippen LogP contribution in [0.5, 0.6) is 0 Å². The second-order valence-electron chi connectivity index (χ2n) is 7.13. The quantitative estimate of drug-likeness (QED) is 0.857. The molecule has 0 bridgehead atoms. The number of fused-ring (bicyclic) bond motifs is 2. The Morgan fingerprint density at radius 1 is 1.23 bits per heavy atom. The summed E-state index contributed by atoms with van der Waals surface area (Å²) in [6.07, 6.45) is 6.31. The zero-order valence-corrected chi connectivity index (χ0v) is 14.0. The summed E-state index contributed by atoms with van der Waals surface area (Å²) < 4.78 is 29.1. The Bertz CT molecular complexity index is 684. The summed E-state index contributed by atoms with van der Waals surface area (Å²) in [5, 5.41) is 0. The summed E-state index contributed by atoms with van der Waals surface area (Å²) in [6.45, 7) is 1.32. The van der Waals surface area contributed by atoms with E-state index in [1.165, 1.54) is 11.1 Å². The molecule has 1 unspecified atom stereocenters. The highest BCUT2D eigenvalue weighted by molar-refractivity contribution is 7.86. The van der Waals surface area contributed by atoms with E-state index >= 15 is 0 Å². The van der Waals surface area contributed by atoms with Crippen molar-refractivity contribution in [3.8, 4) is 0 Å². The molecule has 0 N–H and O–H groups in total. The molecule has 3 aliphatic rings. The first-order chi connectivity index (χ1) is 10.5. The lowest BCUT2D eigenvalue weighted by atomic mass is 9.81. The maximum Gasteiger partial charge on any atom is 0.282 e.